The minimum Gasteiger partial charge on any atom is -0.497 e. The van der Waals surface area contributed by atoms with E-state index in [4.69, 9.17) is 23.7 Å². The fourth-order valence-electron chi connectivity index (χ4n) is 10.6. The molecule has 4 aliphatic rings. The number of carbonyl (C=O) groups is 3. The smallest absolute Gasteiger partial charge is 0.324 e. The molecular formula is C55H49N3O9. The molecule has 12 heteroatoms. The zero-order valence-electron chi connectivity index (χ0n) is 37.3. The highest BCUT2D eigenvalue weighted by atomic mass is 16.6. The highest BCUT2D eigenvalue weighted by molar-refractivity contribution is 6.12. The Bertz CT molecular complexity index is 2900. The fraction of sp³-hybridized carbons (Fsp3) is 0.255. The maximum absolute atomic E-state index is 16.2. The average molecular weight is 896 g/mol. The van der Waals surface area contributed by atoms with Crippen molar-refractivity contribution in [2.75, 3.05) is 46.4 Å². The number of amides is 2. The molecule has 67 heavy (non-hydrogen) atoms. The first-order chi connectivity index (χ1) is 32.8. The number of carbonyl (C=O) groups excluding carboxylic acids is 3. The summed E-state index contributed by atoms with van der Waals surface area (Å²) in [5, 5.41) is 12.8. The molecule has 338 valence electrons. The summed E-state index contributed by atoms with van der Waals surface area (Å²) >= 11 is 0. The molecule has 10 rings (SSSR count). The number of morpholine rings is 1. The van der Waals surface area contributed by atoms with Crippen molar-refractivity contribution in [1.82, 2.24) is 9.80 Å². The van der Waals surface area contributed by atoms with Gasteiger partial charge in [-0.05, 0) is 107 Å². The molecule has 0 aromatic heterocycles. The van der Waals surface area contributed by atoms with Crippen molar-refractivity contribution in [2.45, 2.75) is 42.6 Å². The quantitative estimate of drug-likeness (QED) is 0.106. The Morgan fingerprint density at radius 3 is 2.04 bits per heavy atom. The van der Waals surface area contributed by atoms with Crippen LogP contribution in [0.15, 0.2) is 140 Å². The number of aliphatic hydroxyl groups excluding tert-OH is 1. The zero-order chi connectivity index (χ0) is 46.2. The summed E-state index contributed by atoms with van der Waals surface area (Å²) in [4.78, 5) is 51.2. The van der Waals surface area contributed by atoms with Gasteiger partial charge in [-0.3, -0.25) is 19.3 Å². The molecule has 2 saturated heterocycles. The van der Waals surface area contributed by atoms with Crippen molar-refractivity contribution in [3.8, 4) is 34.8 Å². The summed E-state index contributed by atoms with van der Waals surface area (Å²) in [6.07, 6.45) is -0.308. The molecule has 0 bridgehead atoms. The van der Waals surface area contributed by atoms with Crippen LogP contribution in [0.1, 0.15) is 62.7 Å². The van der Waals surface area contributed by atoms with Gasteiger partial charge in [0.15, 0.2) is 11.5 Å². The average Bonchev–Trinajstić information content (AvgIpc) is 3.85. The van der Waals surface area contributed by atoms with E-state index in [1.165, 1.54) is 0 Å². The van der Waals surface area contributed by atoms with Gasteiger partial charge in [-0.1, -0.05) is 84.6 Å². The van der Waals surface area contributed by atoms with Crippen molar-refractivity contribution in [2.24, 2.45) is 5.92 Å². The molecule has 2 amide bonds. The van der Waals surface area contributed by atoms with Crippen LogP contribution in [0.3, 0.4) is 0 Å². The molecule has 0 saturated carbocycles. The maximum Gasteiger partial charge on any atom is 0.324 e. The molecule has 4 aliphatic heterocycles. The Labute approximate surface area is 389 Å². The van der Waals surface area contributed by atoms with Crippen LogP contribution in [0.25, 0.3) is 0 Å². The Morgan fingerprint density at radius 1 is 0.731 bits per heavy atom. The first kappa shape index (κ1) is 43.3. The fourth-order valence-corrected chi connectivity index (χ4v) is 10.6. The minimum absolute atomic E-state index is 0.0892. The number of aliphatic hydroxyl groups is 1. The van der Waals surface area contributed by atoms with Gasteiger partial charge in [0.25, 0.3) is 0 Å². The third kappa shape index (κ3) is 7.50. The normalized spacial score (nSPS) is 22.6. The summed E-state index contributed by atoms with van der Waals surface area (Å²) in [7, 11) is 4.78. The lowest BCUT2D eigenvalue weighted by Gasteiger charge is -2.46. The van der Waals surface area contributed by atoms with Gasteiger partial charge < -0.3 is 39.0 Å². The van der Waals surface area contributed by atoms with E-state index in [0.29, 0.717) is 58.3 Å². The number of fused-ring (bicyclic) bond motifs is 4. The lowest BCUT2D eigenvalue weighted by Crippen LogP contribution is -2.56. The minimum atomic E-state index is -1.71. The van der Waals surface area contributed by atoms with Gasteiger partial charge in [-0.15, -0.1) is 0 Å². The van der Waals surface area contributed by atoms with Gasteiger partial charge in [0, 0.05) is 29.9 Å². The number of nitrogens with one attached hydrogen (secondary N) is 1. The number of hydrogen-bond acceptors (Lipinski definition) is 10. The van der Waals surface area contributed by atoms with E-state index in [2.05, 4.69) is 22.1 Å². The molecule has 6 aromatic carbocycles. The van der Waals surface area contributed by atoms with Crippen LogP contribution in [0.2, 0.25) is 0 Å². The predicted molar refractivity (Wildman–Crippen MR) is 250 cm³/mol. The zero-order valence-corrected chi connectivity index (χ0v) is 37.3. The van der Waals surface area contributed by atoms with E-state index in [9.17, 15) is 5.11 Å². The number of hydrogen-bond donors (Lipinski definition) is 2. The van der Waals surface area contributed by atoms with Crippen LogP contribution in [-0.4, -0.2) is 79.8 Å². The summed E-state index contributed by atoms with van der Waals surface area (Å²) < 4.78 is 29.1. The summed E-state index contributed by atoms with van der Waals surface area (Å²) in [6, 6.07) is 40.8. The molecule has 1 spiro atoms. The van der Waals surface area contributed by atoms with Crippen LogP contribution < -0.4 is 24.3 Å². The van der Waals surface area contributed by atoms with Crippen LogP contribution in [0.5, 0.6) is 23.0 Å². The second-order valence-electron chi connectivity index (χ2n) is 17.1. The standard InChI is InChI=1S/C55H49N3O9/c1-63-41-21-16-34(17-22-41)14-15-35-18-25-44-43(30-35)55(54(62)56-44)47(52(60)57-27-26-39-31-45(64-2)46(65-3)32-40(39)33-57)49-53(61)67-50(37-12-8-5-9-13-37)48(36-10-6-4-7-11-36)58(49)51(55)38-19-23-42(24-20-38)66-29-28-59/h4-13,16-25,30-32,47-51,59H,26-29,33H2,1-3H3,(H,56,62)/t47-,48-,49-,50+,51+,55-/m1/s1. The van der Waals surface area contributed by atoms with Crippen molar-refractivity contribution in [1.29, 1.82) is 0 Å². The largest absolute Gasteiger partial charge is 0.497 e. The molecule has 0 unspecified atom stereocenters. The monoisotopic (exact) mass is 895 g/mol. The lowest BCUT2D eigenvalue weighted by molar-refractivity contribution is -0.179. The number of ether oxygens (including phenoxy) is 5. The number of anilines is 1. The van der Waals surface area contributed by atoms with Crippen LogP contribution >= 0.6 is 0 Å². The predicted octanol–water partition coefficient (Wildman–Crippen LogP) is 7.34. The Kier molecular flexibility index (Phi) is 11.6. The Hall–Kier alpha value is -7.59. The molecule has 2 fully saturated rings. The van der Waals surface area contributed by atoms with Crippen molar-refractivity contribution >= 4 is 23.5 Å². The third-order valence-electron chi connectivity index (χ3n) is 13.6. The molecule has 6 atom stereocenters. The Morgan fingerprint density at radius 2 is 1.37 bits per heavy atom. The van der Waals surface area contributed by atoms with Gasteiger partial charge in [-0.25, -0.2) is 0 Å². The number of nitrogens with zero attached hydrogens (tertiary/aromatic N) is 2. The molecule has 6 aromatic rings. The maximum atomic E-state index is 16.2. The van der Waals surface area contributed by atoms with Crippen molar-refractivity contribution in [3.05, 3.63) is 184 Å². The molecule has 0 aliphatic carbocycles. The molecule has 4 heterocycles. The molecule has 2 N–H and O–H groups in total. The van der Waals surface area contributed by atoms with Gasteiger partial charge in [-0.2, -0.15) is 0 Å². The summed E-state index contributed by atoms with van der Waals surface area (Å²) in [5.74, 6) is 6.26. The summed E-state index contributed by atoms with van der Waals surface area (Å²) in [5.41, 5.74) is 4.92. The van der Waals surface area contributed by atoms with Crippen molar-refractivity contribution in [3.63, 3.8) is 0 Å². The van der Waals surface area contributed by atoms with Crippen molar-refractivity contribution < 1.29 is 43.2 Å². The van der Waals surface area contributed by atoms with E-state index in [1.807, 2.05) is 127 Å². The highest BCUT2D eigenvalue weighted by Gasteiger charge is 2.74. The molecule has 12 nitrogen and oxygen atoms in total. The first-order valence-electron chi connectivity index (χ1n) is 22.3. The summed E-state index contributed by atoms with van der Waals surface area (Å²) in [6.45, 7) is 0.456. The number of benzene rings is 6. The van der Waals surface area contributed by atoms with Crippen LogP contribution in [0.4, 0.5) is 5.69 Å². The van der Waals surface area contributed by atoms with Crippen LogP contribution in [0, 0.1) is 17.8 Å². The van der Waals surface area contributed by atoms with Gasteiger partial charge in [0.05, 0.1) is 45.9 Å². The number of methoxy groups -OCH3 is 3. The SMILES string of the molecule is COc1ccc(C#Cc2ccc3c(c2)[C@]2(C(=O)N3)[C@H](c3ccc(OCCO)cc3)N3[C@H](c4ccccc4)[C@H](c4ccccc4)OC(=O)[C@H]3[C@@H]2C(=O)N2CCc3cc(OC)c(OC)cc3C2)cc1. The highest BCUT2D eigenvalue weighted by Crippen LogP contribution is 2.65. The second-order valence-corrected chi connectivity index (χ2v) is 17.1. The van der Waals surface area contributed by atoms with Gasteiger partial charge >= 0.3 is 5.97 Å². The second kappa shape index (κ2) is 18.0. The number of esters is 1. The van der Waals surface area contributed by atoms with E-state index < -0.39 is 47.4 Å². The van der Waals surface area contributed by atoms with E-state index in [-0.39, 0.29) is 25.7 Å². The van der Waals surface area contributed by atoms with Gasteiger partial charge in [0.1, 0.15) is 35.7 Å². The topological polar surface area (TPSA) is 136 Å². The van der Waals surface area contributed by atoms with Crippen LogP contribution in [-0.2, 0) is 37.5 Å². The molecular weight excluding hydrogens is 847 g/mol. The molecule has 0 radical (unpaired) electrons. The van der Waals surface area contributed by atoms with E-state index >= 15 is 14.4 Å². The van der Waals surface area contributed by atoms with Gasteiger partial charge in [0.2, 0.25) is 11.8 Å². The third-order valence-corrected chi connectivity index (χ3v) is 13.6. The first-order valence-corrected chi connectivity index (χ1v) is 22.3. The lowest BCUT2D eigenvalue weighted by atomic mass is 9.65. The number of rotatable bonds is 10. The number of cyclic esters (lactones) is 1. The Balaban J connectivity index is 1.21. The van der Waals surface area contributed by atoms with E-state index in [0.717, 1.165) is 27.8 Å². The van der Waals surface area contributed by atoms with E-state index in [1.54, 1.807) is 38.4 Å².